The average Bonchev–Trinajstić information content (AvgIpc) is 2.45. The monoisotopic (exact) mass is 289 g/mol. The van der Waals surface area contributed by atoms with E-state index >= 15 is 0 Å². The van der Waals surface area contributed by atoms with Crippen LogP contribution in [0.2, 0.25) is 0 Å². The van der Waals surface area contributed by atoms with Gasteiger partial charge in [-0.1, -0.05) is 25.1 Å². The Hall–Kier alpha value is -1.74. The number of rotatable bonds is 5. The van der Waals surface area contributed by atoms with E-state index in [0.29, 0.717) is 12.0 Å². The summed E-state index contributed by atoms with van der Waals surface area (Å²) in [5.74, 6) is -0.759. The molecule has 0 aromatic heterocycles. The van der Waals surface area contributed by atoms with Gasteiger partial charge in [-0.05, 0) is 67.3 Å². The summed E-state index contributed by atoms with van der Waals surface area (Å²) >= 11 is 0. The number of nitrogens with one attached hydrogen (secondary N) is 1. The smallest absolute Gasteiger partial charge is 0.126 e. The lowest BCUT2D eigenvalue weighted by atomic mass is 9.95. The number of hydrogen-bond donors (Lipinski definition) is 1. The van der Waals surface area contributed by atoms with Crippen LogP contribution in [0.25, 0.3) is 0 Å². The molecule has 0 saturated heterocycles. The Kier molecular flexibility index (Phi) is 5.07. The summed E-state index contributed by atoms with van der Waals surface area (Å²) in [6.07, 6.45) is 0.430. The maximum atomic E-state index is 13.8. The van der Waals surface area contributed by atoms with Crippen LogP contribution in [-0.2, 0) is 6.42 Å². The van der Waals surface area contributed by atoms with Gasteiger partial charge in [-0.2, -0.15) is 0 Å². The highest BCUT2D eigenvalue weighted by atomic mass is 19.1. The van der Waals surface area contributed by atoms with Crippen molar-refractivity contribution in [1.82, 2.24) is 5.32 Å². The maximum Gasteiger partial charge on any atom is 0.126 e. The van der Waals surface area contributed by atoms with E-state index in [0.717, 1.165) is 18.2 Å². The SMILES string of the molecule is CCNC(Cc1cc(F)ccc1F)c1ccc(C)c(C)c1. The number of aryl methyl sites for hydroxylation is 2. The molecule has 0 fully saturated rings. The minimum Gasteiger partial charge on any atom is -0.310 e. The largest absolute Gasteiger partial charge is 0.310 e. The first-order valence-electron chi connectivity index (χ1n) is 7.25. The molecular weight excluding hydrogens is 268 g/mol. The summed E-state index contributed by atoms with van der Waals surface area (Å²) in [5.41, 5.74) is 3.93. The molecule has 3 heteroatoms. The molecule has 1 N–H and O–H groups in total. The van der Waals surface area contributed by atoms with Crippen molar-refractivity contribution in [1.29, 1.82) is 0 Å². The third-order valence-corrected chi connectivity index (χ3v) is 3.82. The van der Waals surface area contributed by atoms with Gasteiger partial charge in [-0.3, -0.25) is 0 Å². The summed E-state index contributed by atoms with van der Waals surface area (Å²) in [6, 6.07) is 9.82. The van der Waals surface area contributed by atoms with E-state index in [1.165, 1.54) is 23.3 Å². The highest BCUT2D eigenvalue weighted by Crippen LogP contribution is 2.23. The van der Waals surface area contributed by atoms with Crippen LogP contribution in [-0.4, -0.2) is 6.54 Å². The Bertz CT molecular complexity index is 623. The lowest BCUT2D eigenvalue weighted by Crippen LogP contribution is -2.23. The summed E-state index contributed by atoms with van der Waals surface area (Å²) < 4.78 is 27.2. The average molecular weight is 289 g/mol. The van der Waals surface area contributed by atoms with Gasteiger partial charge in [-0.15, -0.1) is 0 Å². The summed E-state index contributed by atoms with van der Waals surface area (Å²) in [4.78, 5) is 0. The van der Waals surface area contributed by atoms with Gasteiger partial charge >= 0.3 is 0 Å². The lowest BCUT2D eigenvalue weighted by Gasteiger charge is -2.20. The second kappa shape index (κ2) is 6.81. The number of hydrogen-bond acceptors (Lipinski definition) is 1. The van der Waals surface area contributed by atoms with Gasteiger partial charge in [0.1, 0.15) is 11.6 Å². The molecule has 0 amide bonds. The minimum atomic E-state index is -0.401. The quantitative estimate of drug-likeness (QED) is 0.856. The fourth-order valence-corrected chi connectivity index (χ4v) is 2.46. The molecule has 2 aromatic carbocycles. The predicted molar refractivity (Wildman–Crippen MR) is 82.4 cm³/mol. The van der Waals surface area contributed by atoms with E-state index in [9.17, 15) is 8.78 Å². The standard InChI is InChI=1S/C18H21F2N/c1-4-21-18(14-6-5-12(2)13(3)9-14)11-15-10-16(19)7-8-17(15)20/h5-10,18,21H,4,11H2,1-3H3. The van der Waals surface area contributed by atoms with Crippen LogP contribution in [0.15, 0.2) is 36.4 Å². The van der Waals surface area contributed by atoms with Gasteiger partial charge in [0.25, 0.3) is 0 Å². The Morgan fingerprint density at radius 2 is 1.76 bits per heavy atom. The third-order valence-electron chi connectivity index (χ3n) is 3.82. The molecule has 21 heavy (non-hydrogen) atoms. The second-order valence-corrected chi connectivity index (χ2v) is 5.39. The van der Waals surface area contributed by atoms with Crippen molar-refractivity contribution in [3.8, 4) is 0 Å². The minimum absolute atomic E-state index is 0.0226. The van der Waals surface area contributed by atoms with E-state index in [4.69, 9.17) is 0 Å². The van der Waals surface area contributed by atoms with Crippen molar-refractivity contribution in [2.24, 2.45) is 0 Å². The van der Waals surface area contributed by atoms with Gasteiger partial charge in [-0.25, -0.2) is 8.78 Å². The zero-order valence-corrected chi connectivity index (χ0v) is 12.7. The molecule has 0 bridgehead atoms. The van der Waals surface area contributed by atoms with Crippen LogP contribution in [0.5, 0.6) is 0 Å². The van der Waals surface area contributed by atoms with Crippen molar-refractivity contribution in [2.75, 3.05) is 6.54 Å². The number of benzene rings is 2. The first kappa shape index (κ1) is 15.6. The Labute approximate surface area is 125 Å². The molecule has 0 heterocycles. The normalized spacial score (nSPS) is 12.4. The Balaban J connectivity index is 2.30. The van der Waals surface area contributed by atoms with Crippen LogP contribution in [0.3, 0.4) is 0 Å². The molecule has 0 spiro atoms. The van der Waals surface area contributed by atoms with E-state index in [1.807, 2.05) is 13.0 Å². The first-order valence-corrected chi connectivity index (χ1v) is 7.25. The van der Waals surface area contributed by atoms with Gasteiger partial charge in [0.05, 0.1) is 0 Å². The Morgan fingerprint density at radius 1 is 1.00 bits per heavy atom. The van der Waals surface area contributed by atoms with Crippen LogP contribution < -0.4 is 5.32 Å². The first-order chi connectivity index (χ1) is 10.0. The molecule has 1 atom stereocenters. The van der Waals surface area contributed by atoms with Gasteiger partial charge in [0.15, 0.2) is 0 Å². The lowest BCUT2D eigenvalue weighted by molar-refractivity contribution is 0.521. The van der Waals surface area contributed by atoms with Crippen LogP contribution in [0, 0.1) is 25.5 Å². The molecule has 0 radical (unpaired) electrons. The highest BCUT2D eigenvalue weighted by molar-refractivity contribution is 5.33. The Morgan fingerprint density at radius 3 is 2.43 bits per heavy atom. The molecule has 2 aromatic rings. The van der Waals surface area contributed by atoms with Gasteiger partial charge < -0.3 is 5.32 Å². The molecule has 0 aliphatic heterocycles. The molecule has 112 valence electrons. The van der Waals surface area contributed by atoms with Crippen molar-refractivity contribution < 1.29 is 8.78 Å². The molecule has 0 aliphatic rings. The van der Waals surface area contributed by atoms with E-state index in [1.54, 1.807) is 0 Å². The molecule has 0 aliphatic carbocycles. The van der Waals surface area contributed by atoms with Crippen molar-refractivity contribution in [3.05, 3.63) is 70.3 Å². The van der Waals surface area contributed by atoms with Crippen molar-refractivity contribution in [3.63, 3.8) is 0 Å². The maximum absolute atomic E-state index is 13.8. The number of halogens is 2. The van der Waals surface area contributed by atoms with Crippen LogP contribution in [0.4, 0.5) is 8.78 Å². The summed E-state index contributed by atoms with van der Waals surface area (Å²) in [6.45, 7) is 6.91. The van der Waals surface area contributed by atoms with E-state index < -0.39 is 5.82 Å². The zero-order chi connectivity index (χ0) is 15.4. The molecule has 1 unspecified atom stereocenters. The zero-order valence-electron chi connectivity index (χ0n) is 12.7. The van der Waals surface area contributed by atoms with Gasteiger partial charge in [0, 0.05) is 6.04 Å². The topological polar surface area (TPSA) is 12.0 Å². The molecule has 2 rings (SSSR count). The van der Waals surface area contributed by atoms with E-state index in [-0.39, 0.29) is 11.9 Å². The fourth-order valence-electron chi connectivity index (χ4n) is 2.46. The van der Waals surface area contributed by atoms with Crippen molar-refractivity contribution >= 4 is 0 Å². The number of likely N-dealkylation sites (N-methyl/N-ethyl adjacent to an activating group) is 1. The summed E-state index contributed by atoms with van der Waals surface area (Å²) in [5, 5.41) is 3.35. The van der Waals surface area contributed by atoms with Crippen molar-refractivity contribution in [2.45, 2.75) is 33.2 Å². The van der Waals surface area contributed by atoms with Crippen LogP contribution >= 0.6 is 0 Å². The highest BCUT2D eigenvalue weighted by Gasteiger charge is 2.15. The van der Waals surface area contributed by atoms with Crippen LogP contribution in [0.1, 0.15) is 35.2 Å². The molecule has 0 saturated carbocycles. The fraction of sp³-hybridized carbons (Fsp3) is 0.333. The van der Waals surface area contributed by atoms with E-state index in [2.05, 4.69) is 31.3 Å². The van der Waals surface area contributed by atoms with Gasteiger partial charge in [0.2, 0.25) is 0 Å². The molecule has 1 nitrogen and oxygen atoms in total. The predicted octanol–water partition coefficient (Wildman–Crippen LogP) is 4.47. The third kappa shape index (κ3) is 3.88. The second-order valence-electron chi connectivity index (χ2n) is 5.39. The summed E-state index contributed by atoms with van der Waals surface area (Å²) in [7, 11) is 0. The molecular formula is C18H21F2N.